The highest BCUT2D eigenvalue weighted by molar-refractivity contribution is 6.76. The molecule has 1 heterocycles. The average Bonchev–Trinajstić information content (AvgIpc) is 2.86. The number of Topliss-reactive ketones (excluding diaryl/α,β-unsaturated/α-hetero) is 1. The van der Waals surface area contributed by atoms with Crippen LogP contribution in [0.2, 0.25) is 25.7 Å². The number of hydrogen-bond acceptors (Lipinski definition) is 7. The van der Waals surface area contributed by atoms with Gasteiger partial charge < -0.3 is 14.2 Å². The molecule has 4 atom stereocenters. The van der Waals surface area contributed by atoms with Gasteiger partial charge in [-0.25, -0.2) is 0 Å². The van der Waals surface area contributed by atoms with Gasteiger partial charge in [-0.15, -0.1) is 0 Å². The maximum Gasteiger partial charge on any atom is 0.310 e. The molecule has 1 fully saturated rings. The van der Waals surface area contributed by atoms with Crippen molar-refractivity contribution in [1.82, 2.24) is 4.98 Å². The Hall–Kier alpha value is -3.00. The molecule has 2 bridgehead atoms. The van der Waals surface area contributed by atoms with E-state index in [1.54, 1.807) is 6.20 Å². The lowest BCUT2D eigenvalue weighted by atomic mass is 9.55. The van der Waals surface area contributed by atoms with Crippen LogP contribution in [0.3, 0.4) is 0 Å². The number of ether oxygens (including phenoxy) is 3. The SMILES string of the molecule is CCCOC(=O)[C@H]1[C@H](C(=O)OCC[Si](C)(C)C)[C@@H]2CC(=O)[C@H]1c1cc(OCCc3ccccn3)ccc12. The smallest absolute Gasteiger partial charge is 0.310 e. The molecule has 37 heavy (non-hydrogen) atoms. The third-order valence-electron chi connectivity index (χ3n) is 7.18. The second-order valence-corrected chi connectivity index (χ2v) is 16.8. The van der Waals surface area contributed by atoms with Crippen LogP contribution < -0.4 is 4.74 Å². The Morgan fingerprint density at radius 3 is 2.43 bits per heavy atom. The summed E-state index contributed by atoms with van der Waals surface area (Å²) in [5, 5.41) is 0. The summed E-state index contributed by atoms with van der Waals surface area (Å²) in [4.78, 5) is 44.2. The van der Waals surface area contributed by atoms with Crippen molar-refractivity contribution < 1.29 is 28.6 Å². The zero-order valence-corrected chi connectivity index (χ0v) is 23.2. The molecule has 0 saturated heterocycles. The van der Waals surface area contributed by atoms with Crippen LogP contribution in [0.1, 0.15) is 48.4 Å². The first-order valence-electron chi connectivity index (χ1n) is 13.2. The first-order chi connectivity index (χ1) is 17.7. The fraction of sp³-hybridized carbons (Fsp3) is 0.517. The summed E-state index contributed by atoms with van der Waals surface area (Å²) >= 11 is 0. The van der Waals surface area contributed by atoms with Crippen molar-refractivity contribution in [3.8, 4) is 5.75 Å². The molecule has 3 aliphatic rings. The number of fused-ring (bicyclic) bond motifs is 2. The maximum atomic E-state index is 13.4. The molecule has 2 aromatic rings. The molecule has 7 nitrogen and oxygen atoms in total. The van der Waals surface area contributed by atoms with Crippen LogP contribution in [0, 0.1) is 11.8 Å². The Bertz CT molecular complexity index is 1130. The molecule has 1 aromatic heterocycles. The van der Waals surface area contributed by atoms with Gasteiger partial charge in [0.1, 0.15) is 11.5 Å². The summed E-state index contributed by atoms with van der Waals surface area (Å²) in [5.41, 5.74) is 2.62. The first kappa shape index (κ1) is 27.0. The molecule has 0 aliphatic heterocycles. The molecule has 8 heteroatoms. The number of hydrogen-bond donors (Lipinski definition) is 0. The first-order valence-corrected chi connectivity index (χ1v) is 16.9. The van der Waals surface area contributed by atoms with E-state index in [2.05, 4.69) is 24.6 Å². The van der Waals surface area contributed by atoms with Crippen LogP contribution in [0.5, 0.6) is 5.75 Å². The van der Waals surface area contributed by atoms with Gasteiger partial charge in [-0.1, -0.05) is 38.7 Å². The lowest BCUT2D eigenvalue weighted by Gasteiger charge is -2.46. The lowest BCUT2D eigenvalue weighted by Crippen LogP contribution is -2.50. The molecule has 0 spiro atoms. The number of nitrogens with zero attached hydrogens (tertiary/aromatic N) is 1. The second-order valence-electron chi connectivity index (χ2n) is 11.2. The highest BCUT2D eigenvalue weighted by atomic mass is 28.3. The van der Waals surface area contributed by atoms with Gasteiger partial charge in [0.15, 0.2) is 0 Å². The van der Waals surface area contributed by atoms with E-state index in [9.17, 15) is 14.4 Å². The number of ketones is 1. The van der Waals surface area contributed by atoms with Crippen LogP contribution in [0.15, 0.2) is 42.6 Å². The number of aromatic nitrogens is 1. The molecule has 3 aliphatic carbocycles. The minimum Gasteiger partial charge on any atom is -0.493 e. The molecule has 5 rings (SSSR count). The molecule has 0 radical (unpaired) electrons. The quantitative estimate of drug-likeness (QED) is 0.305. The third-order valence-corrected chi connectivity index (χ3v) is 8.89. The molecule has 0 amide bonds. The number of rotatable bonds is 11. The summed E-state index contributed by atoms with van der Waals surface area (Å²) in [5.74, 6) is -3.06. The number of pyridine rings is 1. The van der Waals surface area contributed by atoms with Gasteiger partial charge in [-0.05, 0) is 47.9 Å². The van der Waals surface area contributed by atoms with E-state index < -0.39 is 43.7 Å². The minimum absolute atomic E-state index is 0.0345. The van der Waals surface area contributed by atoms with Crippen LogP contribution >= 0.6 is 0 Å². The van der Waals surface area contributed by atoms with Crippen LogP contribution in [-0.2, 0) is 30.3 Å². The Morgan fingerprint density at radius 1 is 0.973 bits per heavy atom. The molecule has 0 N–H and O–H groups in total. The second kappa shape index (κ2) is 11.6. The Kier molecular flexibility index (Phi) is 8.47. The van der Waals surface area contributed by atoms with Crippen molar-refractivity contribution in [2.24, 2.45) is 11.8 Å². The summed E-state index contributed by atoms with van der Waals surface area (Å²) in [6.07, 6.45) is 3.29. The van der Waals surface area contributed by atoms with Gasteiger partial charge in [0.25, 0.3) is 0 Å². The summed E-state index contributed by atoms with van der Waals surface area (Å²) in [6.45, 7) is 9.60. The zero-order valence-electron chi connectivity index (χ0n) is 22.2. The van der Waals surface area contributed by atoms with Gasteiger partial charge in [0.2, 0.25) is 0 Å². The number of esters is 2. The van der Waals surface area contributed by atoms with Gasteiger partial charge >= 0.3 is 11.9 Å². The molecule has 198 valence electrons. The maximum absolute atomic E-state index is 13.4. The van der Waals surface area contributed by atoms with Gasteiger partial charge in [-0.2, -0.15) is 0 Å². The standard InChI is InChI=1S/C29H37NO6Si/c1-5-13-35-29(33)27-25-22-17-20(34-14-11-19-8-6-7-12-30-19)9-10-21(22)23(18-24(25)31)26(27)28(32)36-15-16-37(2,3)4/h6-10,12,17,23,25-27H,5,11,13-16,18H2,1-4H3/t23-,25-,26-,27-/m1/s1. The lowest BCUT2D eigenvalue weighted by molar-refractivity contribution is -0.167. The fourth-order valence-corrected chi connectivity index (χ4v) is 6.03. The largest absolute Gasteiger partial charge is 0.493 e. The van der Waals surface area contributed by atoms with Crippen LogP contribution in [0.4, 0.5) is 0 Å². The van der Waals surface area contributed by atoms with Crippen LogP contribution in [0.25, 0.3) is 0 Å². The normalized spacial score (nSPS) is 22.3. The van der Waals surface area contributed by atoms with E-state index in [1.807, 2.05) is 43.3 Å². The van der Waals surface area contributed by atoms with E-state index in [-0.39, 0.29) is 18.8 Å². The number of carbonyl (C=O) groups is 3. The van der Waals surface area contributed by atoms with Crippen molar-refractivity contribution in [1.29, 1.82) is 0 Å². The molecule has 1 aromatic carbocycles. The number of benzene rings is 1. The molecule has 1 saturated carbocycles. The predicted molar refractivity (Wildman–Crippen MR) is 142 cm³/mol. The topological polar surface area (TPSA) is 91.8 Å². The van der Waals surface area contributed by atoms with E-state index in [1.165, 1.54) is 0 Å². The number of carbonyl (C=O) groups excluding carboxylic acids is 3. The summed E-state index contributed by atoms with van der Waals surface area (Å²) in [7, 11) is -1.40. The highest BCUT2D eigenvalue weighted by Gasteiger charge is 2.57. The van der Waals surface area contributed by atoms with Gasteiger partial charge in [0, 0.05) is 38.7 Å². The Balaban J connectivity index is 1.58. The van der Waals surface area contributed by atoms with Crippen molar-refractivity contribution in [2.75, 3.05) is 19.8 Å². The van der Waals surface area contributed by atoms with E-state index >= 15 is 0 Å². The average molecular weight is 524 g/mol. The minimum atomic E-state index is -1.40. The van der Waals surface area contributed by atoms with Crippen molar-refractivity contribution >= 4 is 25.8 Å². The van der Waals surface area contributed by atoms with E-state index in [4.69, 9.17) is 14.2 Å². The van der Waals surface area contributed by atoms with E-state index in [0.29, 0.717) is 31.8 Å². The summed E-state index contributed by atoms with van der Waals surface area (Å²) in [6, 6.07) is 12.3. The van der Waals surface area contributed by atoms with Crippen molar-refractivity contribution in [3.05, 3.63) is 59.4 Å². The fourth-order valence-electron chi connectivity index (χ4n) is 5.31. The van der Waals surface area contributed by atoms with Gasteiger partial charge in [0.05, 0.1) is 37.6 Å². The Labute approximate surface area is 219 Å². The molecular formula is C29H37NO6Si. The summed E-state index contributed by atoms with van der Waals surface area (Å²) < 4.78 is 17.2. The van der Waals surface area contributed by atoms with Gasteiger partial charge in [-0.3, -0.25) is 19.4 Å². The van der Waals surface area contributed by atoms with E-state index in [0.717, 1.165) is 22.9 Å². The van der Waals surface area contributed by atoms with Crippen molar-refractivity contribution in [2.45, 2.75) is 63.7 Å². The molecular weight excluding hydrogens is 486 g/mol. The predicted octanol–water partition coefficient (Wildman–Crippen LogP) is 4.92. The zero-order chi connectivity index (χ0) is 26.6. The monoisotopic (exact) mass is 523 g/mol. The Morgan fingerprint density at radius 2 is 1.73 bits per heavy atom. The third kappa shape index (κ3) is 6.29. The molecule has 0 unspecified atom stereocenters. The van der Waals surface area contributed by atoms with Crippen molar-refractivity contribution in [3.63, 3.8) is 0 Å². The van der Waals surface area contributed by atoms with Crippen LogP contribution in [-0.4, -0.2) is 50.6 Å². The highest BCUT2D eigenvalue weighted by Crippen LogP contribution is 2.55.